The largest absolute Gasteiger partial charge is 0.488 e. The van der Waals surface area contributed by atoms with Crippen LogP contribution >= 0.6 is 11.6 Å². The average molecular weight is 386 g/mol. The predicted molar refractivity (Wildman–Crippen MR) is 105 cm³/mol. The molecular formula is C22H21ClFNO2. The van der Waals surface area contributed by atoms with Gasteiger partial charge >= 0.3 is 0 Å². The molecule has 0 aliphatic rings. The maximum Gasteiger partial charge on any atom is 0.131 e. The van der Waals surface area contributed by atoms with Crippen molar-refractivity contribution in [2.75, 3.05) is 6.54 Å². The van der Waals surface area contributed by atoms with Crippen molar-refractivity contribution in [3.8, 4) is 5.75 Å². The highest BCUT2D eigenvalue weighted by Crippen LogP contribution is 2.24. The Morgan fingerprint density at radius 2 is 1.70 bits per heavy atom. The Morgan fingerprint density at radius 1 is 0.963 bits per heavy atom. The number of hydrogen-bond donors (Lipinski definition) is 2. The molecule has 0 radical (unpaired) electrons. The molecule has 2 N–H and O–H groups in total. The van der Waals surface area contributed by atoms with Gasteiger partial charge in [-0.05, 0) is 23.8 Å². The normalized spacial score (nSPS) is 12.0. The summed E-state index contributed by atoms with van der Waals surface area (Å²) in [6.07, 6.45) is -0.587. The van der Waals surface area contributed by atoms with Gasteiger partial charge in [0.2, 0.25) is 0 Å². The number of nitrogens with one attached hydrogen (secondary N) is 1. The third-order valence-electron chi connectivity index (χ3n) is 4.24. The molecule has 3 nitrogen and oxygen atoms in total. The molecule has 3 aromatic rings. The van der Waals surface area contributed by atoms with Crippen LogP contribution < -0.4 is 10.1 Å². The van der Waals surface area contributed by atoms with Crippen LogP contribution in [-0.2, 0) is 13.2 Å². The minimum atomic E-state index is -0.587. The topological polar surface area (TPSA) is 41.5 Å². The molecule has 0 amide bonds. The molecule has 0 unspecified atom stereocenters. The number of rotatable bonds is 8. The molecule has 0 saturated heterocycles. The summed E-state index contributed by atoms with van der Waals surface area (Å²) in [5.41, 5.74) is 2.12. The fraction of sp³-hybridized carbons (Fsp3) is 0.182. The first-order chi connectivity index (χ1) is 13.1. The molecule has 1 atom stereocenters. The fourth-order valence-electron chi connectivity index (χ4n) is 2.75. The molecule has 140 valence electrons. The molecular weight excluding hydrogens is 365 g/mol. The Balaban J connectivity index is 1.59. The van der Waals surface area contributed by atoms with Gasteiger partial charge in [0.1, 0.15) is 18.2 Å². The average Bonchev–Trinajstić information content (AvgIpc) is 2.69. The van der Waals surface area contributed by atoms with Crippen LogP contribution in [0.1, 0.15) is 22.8 Å². The molecule has 0 saturated carbocycles. The second kappa shape index (κ2) is 9.51. The van der Waals surface area contributed by atoms with E-state index in [0.29, 0.717) is 29.4 Å². The first-order valence-electron chi connectivity index (χ1n) is 8.72. The second-order valence-corrected chi connectivity index (χ2v) is 6.56. The van der Waals surface area contributed by atoms with E-state index in [-0.39, 0.29) is 12.4 Å². The van der Waals surface area contributed by atoms with Crippen LogP contribution in [0.3, 0.4) is 0 Å². The molecule has 0 heterocycles. The minimum Gasteiger partial charge on any atom is -0.488 e. The number of aliphatic hydroxyl groups is 1. The third-order valence-corrected chi connectivity index (χ3v) is 4.60. The minimum absolute atomic E-state index is 0.0508. The monoisotopic (exact) mass is 385 g/mol. The predicted octanol–water partition coefficient (Wildman–Crippen LogP) is 4.88. The molecule has 0 aliphatic carbocycles. The first kappa shape index (κ1) is 19.4. The van der Waals surface area contributed by atoms with Crippen molar-refractivity contribution < 1.29 is 14.2 Å². The van der Waals surface area contributed by atoms with Crippen LogP contribution in [0.2, 0.25) is 5.02 Å². The van der Waals surface area contributed by atoms with E-state index in [4.69, 9.17) is 16.3 Å². The molecule has 0 spiro atoms. The standard InChI is InChI=1S/C22H21ClFNO2/c23-19-10-6-11-20(24)18(19)15-27-22-12-5-4-9-17(22)13-25-14-21(26)16-7-2-1-3-8-16/h1-12,21,25-26H,13-15H2/t21-/m0/s1. The van der Waals surface area contributed by atoms with E-state index in [9.17, 15) is 9.50 Å². The van der Waals surface area contributed by atoms with Gasteiger partial charge in [-0.1, -0.05) is 66.2 Å². The summed E-state index contributed by atoms with van der Waals surface area (Å²) in [5, 5.41) is 13.8. The van der Waals surface area contributed by atoms with Gasteiger partial charge in [0.15, 0.2) is 0 Å². The van der Waals surface area contributed by atoms with Crippen molar-refractivity contribution >= 4 is 11.6 Å². The molecule has 0 aromatic heterocycles. The van der Waals surface area contributed by atoms with Gasteiger partial charge in [-0.2, -0.15) is 0 Å². The van der Waals surface area contributed by atoms with Crippen molar-refractivity contribution in [1.82, 2.24) is 5.32 Å². The molecule has 5 heteroatoms. The van der Waals surface area contributed by atoms with Crippen molar-refractivity contribution in [3.63, 3.8) is 0 Å². The van der Waals surface area contributed by atoms with Gasteiger partial charge in [0, 0.05) is 24.2 Å². The highest BCUT2D eigenvalue weighted by Gasteiger charge is 2.10. The van der Waals surface area contributed by atoms with Crippen LogP contribution in [0.5, 0.6) is 5.75 Å². The van der Waals surface area contributed by atoms with Gasteiger partial charge in [-0.25, -0.2) is 4.39 Å². The zero-order valence-electron chi connectivity index (χ0n) is 14.7. The van der Waals surface area contributed by atoms with Crippen molar-refractivity contribution in [1.29, 1.82) is 0 Å². The van der Waals surface area contributed by atoms with Gasteiger partial charge in [-0.3, -0.25) is 0 Å². The van der Waals surface area contributed by atoms with E-state index in [0.717, 1.165) is 11.1 Å². The van der Waals surface area contributed by atoms with Gasteiger partial charge in [0.05, 0.1) is 11.1 Å². The Morgan fingerprint density at radius 3 is 2.48 bits per heavy atom. The van der Waals surface area contributed by atoms with Crippen molar-refractivity contribution in [2.24, 2.45) is 0 Å². The van der Waals surface area contributed by atoms with Crippen LogP contribution in [0.15, 0.2) is 72.8 Å². The summed E-state index contributed by atoms with van der Waals surface area (Å²) < 4.78 is 19.7. The Labute approximate surface area is 163 Å². The zero-order chi connectivity index (χ0) is 19.1. The summed E-state index contributed by atoms with van der Waals surface area (Å²) >= 11 is 6.05. The lowest BCUT2D eigenvalue weighted by Gasteiger charge is -2.15. The number of benzene rings is 3. The maximum atomic E-state index is 13.9. The maximum absolute atomic E-state index is 13.9. The highest BCUT2D eigenvalue weighted by atomic mass is 35.5. The van der Waals surface area contributed by atoms with E-state index in [1.807, 2.05) is 54.6 Å². The highest BCUT2D eigenvalue weighted by molar-refractivity contribution is 6.31. The summed E-state index contributed by atoms with van der Waals surface area (Å²) in [6, 6.07) is 21.6. The number of para-hydroxylation sites is 1. The molecule has 0 fully saturated rings. The number of hydrogen-bond acceptors (Lipinski definition) is 3. The summed E-state index contributed by atoms with van der Waals surface area (Å²) in [5.74, 6) is 0.266. The van der Waals surface area contributed by atoms with Crippen molar-refractivity contribution in [2.45, 2.75) is 19.3 Å². The number of halogens is 2. The molecule has 0 bridgehead atoms. The summed E-state index contributed by atoms with van der Waals surface area (Å²) in [6.45, 7) is 0.984. The SMILES string of the molecule is O[C@@H](CNCc1ccccc1OCc1c(F)cccc1Cl)c1ccccc1. The lowest BCUT2D eigenvalue weighted by molar-refractivity contribution is 0.174. The number of ether oxygens (including phenoxy) is 1. The lowest BCUT2D eigenvalue weighted by Crippen LogP contribution is -2.21. The Bertz CT molecular complexity index is 853. The molecule has 3 rings (SSSR count). The van der Waals surface area contributed by atoms with Gasteiger partial charge in [0.25, 0.3) is 0 Å². The van der Waals surface area contributed by atoms with E-state index < -0.39 is 6.10 Å². The van der Waals surface area contributed by atoms with E-state index in [1.54, 1.807) is 12.1 Å². The fourth-order valence-corrected chi connectivity index (χ4v) is 2.96. The second-order valence-electron chi connectivity index (χ2n) is 6.15. The van der Waals surface area contributed by atoms with Crippen LogP contribution in [0.25, 0.3) is 0 Å². The van der Waals surface area contributed by atoms with Crippen molar-refractivity contribution in [3.05, 3.63) is 100 Å². The number of aliphatic hydroxyl groups excluding tert-OH is 1. The van der Waals surface area contributed by atoms with Gasteiger partial charge < -0.3 is 15.2 Å². The van der Waals surface area contributed by atoms with Crippen LogP contribution in [-0.4, -0.2) is 11.7 Å². The summed E-state index contributed by atoms with van der Waals surface area (Å²) in [7, 11) is 0. The molecule has 3 aromatic carbocycles. The first-order valence-corrected chi connectivity index (χ1v) is 9.10. The van der Waals surface area contributed by atoms with E-state index >= 15 is 0 Å². The lowest BCUT2D eigenvalue weighted by atomic mass is 10.1. The van der Waals surface area contributed by atoms with Crippen LogP contribution in [0.4, 0.5) is 4.39 Å². The molecule has 27 heavy (non-hydrogen) atoms. The Hall–Kier alpha value is -2.40. The summed E-state index contributed by atoms with van der Waals surface area (Å²) in [4.78, 5) is 0. The third kappa shape index (κ3) is 5.30. The molecule has 0 aliphatic heterocycles. The smallest absolute Gasteiger partial charge is 0.131 e. The zero-order valence-corrected chi connectivity index (χ0v) is 15.5. The van der Waals surface area contributed by atoms with E-state index in [2.05, 4.69) is 5.32 Å². The quantitative estimate of drug-likeness (QED) is 0.580. The van der Waals surface area contributed by atoms with E-state index in [1.165, 1.54) is 6.07 Å². The van der Waals surface area contributed by atoms with Crippen LogP contribution in [0, 0.1) is 5.82 Å². The van der Waals surface area contributed by atoms with Gasteiger partial charge in [-0.15, -0.1) is 0 Å². The Kier molecular flexibility index (Phi) is 6.82.